The summed E-state index contributed by atoms with van der Waals surface area (Å²) in [5, 5.41) is 7.65. The minimum absolute atomic E-state index is 0. The highest BCUT2D eigenvalue weighted by Crippen LogP contribution is 2.20. The Morgan fingerprint density at radius 2 is 1.21 bits per heavy atom. The molecule has 3 rings (SSSR count). The molecule has 28 heavy (non-hydrogen) atoms. The van der Waals surface area contributed by atoms with Gasteiger partial charge in [0.1, 0.15) is 0 Å². The van der Waals surface area contributed by atoms with E-state index in [1.165, 1.54) is 53.5 Å². The molecule has 0 saturated heterocycles. The quantitative estimate of drug-likeness (QED) is 0.579. The number of halogens is 2. The molecule has 0 aliphatic heterocycles. The first kappa shape index (κ1) is 25.0. The molecule has 2 aromatic carbocycles. The van der Waals surface area contributed by atoms with Crippen molar-refractivity contribution in [1.82, 2.24) is 10.6 Å². The Hall–Kier alpha value is -1.06. The molecule has 0 heterocycles. The van der Waals surface area contributed by atoms with Crippen molar-refractivity contribution in [2.45, 2.75) is 78.0 Å². The van der Waals surface area contributed by atoms with Crippen LogP contribution in [0.2, 0.25) is 0 Å². The smallest absolute Gasteiger partial charge is 0.0224 e. The van der Waals surface area contributed by atoms with Gasteiger partial charge in [-0.1, -0.05) is 62.2 Å². The predicted octanol–water partition coefficient (Wildman–Crippen LogP) is 5.90. The average molecular weight is 423 g/mol. The second kappa shape index (κ2) is 12.5. The Morgan fingerprint density at radius 3 is 1.75 bits per heavy atom. The van der Waals surface area contributed by atoms with Crippen molar-refractivity contribution in [3.05, 3.63) is 70.3 Å². The van der Waals surface area contributed by atoms with Gasteiger partial charge in [0.05, 0.1) is 0 Å². The summed E-state index contributed by atoms with van der Waals surface area (Å²) in [7, 11) is 0. The fraction of sp³-hybridized carbons (Fsp3) is 0.500. The van der Waals surface area contributed by atoms with Gasteiger partial charge in [-0.25, -0.2) is 0 Å². The molecule has 1 fully saturated rings. The SMILES string of the molecule is CCc1ccc(CNC2CCCCC2NCc2ccc(C)c(C)c2)cc1.Cl.Cl. The highest BCUT2D eigenvalue weighted by molar-refractivity contribution is 5.85. The third kappa shape index (κ3) is 7.08. The summed E-state index contributed by atoms with van der Waals surface area (Å²) < 4.78 is 0. The summed E-state index contributed by atoms with van der Waals surface area (Å²) in [5.41, 5.74) is 6.96. The van der Waals surface area contributed by atoms with Crippen molar-refractivity contribution < 1.29 is 0 Å². The van der Waals surface area contributed by atoms with Crippen LogP contribution in [0, 0.1) is 13.8 Å². The van der Waals surface area contributed by atoms with Crippen LogP contribution in [-0.2, 0) is 19.5 Å². The Bertz CT molecular complexity index is 700. The van der Waals surface area contributed by atoms with Crippen LogP contribution in [0.5, 0.6) is 0 Å². The lowest BCUT2D eigenvalue weighted by molar-refractivity contribution is 0.281. The third-order valence-electron chi connectivity index (χ3n) is 5.91. The standard InChI is InChI=1S/C24H34N2.2ClH/c1-4-20-11-13-21(14-12-20)16-25-23-7-5-6-8-24(23)26-17-22-10-9-18(2)19(3)15-22;;/h9-15,23-26H,4-8,16-17H2,1-3H3;2*1H. The van der Waals surface area contributed by atoms with E-state index in [0.717, 1.165) is 19.5 Å². The second-order valence-electron chi connectivity index (χ2n) is 7.85. The first-order valence-electron chi connectivity index (χ1n) is 10.3. The molecule has 4 heteroatoms. The van der Waals surface area contributed by atoms with E-state index in [9.17, 15) is 0 Å². The lowest BCUT2D eigenvalue weighted by Gasteiger charge is -2.33. The third-order valence-corrected chi connectivity index (χ3v) is 5.91. The first-order chi connectivity index (χ1) is 12.7. The predicted molar refractivity (Wildman–Crippen MR) is 126 cm³/mol. The van der Waals surface area contributed by atoms with E-state index in [4.69, 9.17) is 0 Å². The second-order valence-corrected chi connectivity index (χ2v) is 7.85. The van der Waals surface area contributed by atoms with Gasteiger partial charge in [-0.3, -0.25) is 0 Å². The number of rotatable bonds is 7. The molecule has 156 valence electrons. The van der Waals surface area contributed by atoms with Crippen molar-refractivity contribution in [1.29, 1.82) is 0 Å². The zero-order valence-corrected chi connectivity index (χ0v) is 19.1. The van der Waals surface area contributed by atoms with Gasteiger partial charge in [0.25, 0.3) is 0 Å². The molecule has 0 spiro atoms. The van der Waals surface area contributed by atoms with E-state index in [1.807, 2.05) is 0 Å². The average Bonchev–Trinajstić information content (AvgIpc) is 2.68. The molecular formula is C24H36Cl2N2. The normalized spacial score (nSPS) is 18.8. The van der Waals surface area contributed by atoms with Crippen molar-refractivity contribution in [3.8, 4) is 0 Å². The zero-order chi connectivity index (χ0) is 18.4. The molecule has 0 radical (unpaired) electrons. The molecule has 0 bridgehead atoms. The Morgan fingerprint density at radius 1 is 0.714 bits per heavy atom. The number of benzene rings is 2. The van der Waals surface area contributed by atoms with Crippen LogP contribution in [0.1, 0.15) is 60.4 Å². The van der Waals surface area contributed by atoms with Crippen LogP contribution in [0.3, 0.4) is 0 Å². The van der Waals surface area contributed by atoms with Gasteiger partial charge >= 0.3 is 0 Å². The van der Waals surface area contributed by atoms with Crippen LogP contribution in [0.15, 0.2) is 42.5 Å². The maximum Gasteiger partial charge on any atom is 0.0224 e. The van der Waals surface area contributed by atoms with Crippen LogP contribution in [-0.4, -0.2) is 12.1 Å². The minimum Gasteiger partial charge on any atom is -0.308 e. The van der Waals surface area contributed by atoms with Crippen LogP contribution in [0.25, 0.3) is 0 Å². The Kier molecular flexibility index (Phi) is 11.1. The van der Waals surface area contributed by atoms with Crippen molar-refractivity contribution in [3.63, 3.8) is 0 Å². The maximum absolute atomic E-state index is 3.83. The van der Waals surface area contributed by atoms with Crippen LogP contribution >= 0.6 is 24.8 Å². The van der Waals surface area contributed by atoms with Gasteiger partial charge in [-0.05, 0) is 60.9 Å². The number of hydrogen-bond donors (Lipinski definition) is 2. The maximum atomic E-state index is 3.83. The summed E-state index contributed by atoms with van der Waals surface area (Å²) in [5.74, 6) is 0. The van der Waals surface area contributed by atoms with Gasteiger partial charge in [-0.2, -0.15) is 0 Å². The molecule has 2 unspecified atom stereocenters. The Labute approximate surface area is 183 Å². The molecule has 2 N–H and O–H groups in total. The molecule has 0 aromatic heterocycles. The number of hydrogen-bond acceptors (Lipinski definition) is 2. The molecular weight excluding hydrogens is 387 g/mol. The highest BCUT2D eigenvalue weighted by atomic mass is 35.5. The fourth-order valence-electron chi connectivity index (χ4n) is 3.92. The van der Waals surface area contributed by atoms with E-state index in [-0.39, 0.29) is 24.8 Å². The summed E-state index contributed by atoms with van der Waals surface area (Å²) in [6, 6.07) is 17.0. The van der Waals surface area contributed by atoms with Gasteiger partial charge in [0.2, 0.25) is 0 Å². The highest BCUT2D eigenvalue weighted by Gasteiger charge is 2.24. The largest absolute Gasteiger partial charge is 0.308 e. The molecule has 1 saturated carbocycles. The lowest BCUT2D eigenvalue weighted by atomic mass is 9.90. The van der Waals surface area contributed by atoms with Crippen LogP contribution < -0.4 is 10.6 Å². The number of aryl methyl sites for hydroxylation is 3. The molecule has 2 aromatic rings. The first-order valence-corrected chi connectivity index (χ1v) is 10.3. The molecule has 0 amide bonds. The van der Waals surface area contributed by atoms with E-state index >= 15 is 0 Å². The number of nitrogens with one attached hydrogen (secondary N) is 2. The zero-order valence-electron chi connectivity index (χ0n) is 17.5. The van der Waals surface area contributed by atoms with E-state index < -0.39 is 0 Å². The van der Waals surface area contributed by atoms with Crippen molar-refractivity contribution in [2.75, 3.05) is 0 Å². The van der Waals surface area contributed by atoms with Crippen molar-refractivity contribution in [2.24, 2.45) is 0 Å². The molecule has 1 aliphatic carbocycles. The summed E-state index contributed by atoms with van der Waals surface area (Å²) in [6.07, 6.45) is 6.35. The van der Waals surface area contributed by atoms with Gasteiger partial charge in [-0.15, -0.1) is 24.8 Å². The van der Waals surface area contributed by atoms with E-state index in [1.54, 1.807) is 0 Å². The molecule has 2 atom stereocenters. The minimum atomic E-state index is 0. The fourth-order valence-corrected chi connectivity index (χ4v) is 3.92. The van der Waals surface area contributed by atoms with Gasteiger partial charge in [0, 0.05) is 25.2 Å². The molecule has 1 aliphatic rings. The lowest BCUT2D eigenvalue weighted by Crippen LogP contribution is -2.49. The van der Waals surface area contributed by atoms with E-state index in [0.29, 0.717) is 12.1 Å². The van der Waals surface area contributed by atoms with Gasteiger partial charge < -0.3 is 10.6 Å². The van der Waals surface area contributed by atoms with E-state index in [2.05, 4.69) is 73.9 Å². The summed E-state index contributed by atoms with van der Waals surface area (Å²) >= 11 is 0. The van der Waals surface area contributed by atoms with Gasteiger partial charge in [0.15, 0.2) is 0 Å². The topological polar surface area (TPSA) is 24.1 Å². The Balaban J connectivity index is 0.00000196. The van der Waals surface area contributed by atoms with Crippen LogP contribution in [0.4, 0.5) is 0 Å². The monoisotopic (exact) mass is 422 g/mol. The van der Waals surface area contributed by atoms with Crippen molar-refractivity contribution >= 4 is 24.8 Å². The summed E-state index contributed by atoms with van der Waals surface area (Å²) in [4.78, 5) is 0. The summed E-state index contributed by atoms with van der Waals surface area (Å²) in [6.45, 7) is 8.53. The molecule has 2 nitrogen and oxygen atoms in total.